The molecule has 0 aliphatic carbocycles. The number of aromatic carboxylic acids is 1. The maximum atomic E-state index is 12.7. The highest BCUT2D eigenvalue weighted by atomic mass is 32.1. The molecule has 2 N–H and O–H groups in total. The van der Waals surface area contributed by atoms with Gasteiger partial charge in [-0.2, -0.15) is 0 Å². The Labute approximate surface area is 117 Å². The van der Waals surface area contributed by atoms with Crippen molar-refractivity contribution in [3.8, 4) is 5.75 Å². The summed E-state index contributed by atoms with van der Waals surface area (Å²) in [7, 11) is 0. The molecule has 1 aromatic heterocycles. The molecule has 1 amide bonds. The minimum Gasteiger partial charge on any atom is -0.482 e. The van der Waals surface area contributed by atoms with Crippen molar-refractivity contribution in [3.63, 3.8) is 0 Å². The molecule has 2 aromatic rings. The SMILES string of the molecule is O=C(COc1ccsc1C(=O)O)Nc1ccc(F)cc1. The molecule has 0 aliphatic heterocycles. The van der Waals surface area contributed by atoms with E-state index < -0.39 is 17.7 Å². The monoisotopic (exact) mass is 295 g/mol. The molecule has 0 fully saturated rings. The Morgan fingerprint density at radius 1 is 1.25 bits per heavy atom. The van der Waals surface area contributed by atoms with Crippen LogP contribution in [0.3, 0.4) is 0 Å². The predicted octanol–water partition coefficient (Wildman–Crippen LogP) is 2.60. The molecule has 0 aliphatic rings. The Bertz CT molecular complexity index is 624. The second-order valence-corrected chi connectivity index (χ2v) is 4.68. The number of thiophene rings is 1. The number of halogens is 1. The summed E-state index contributed by atoms with van der Waals surface area (Å²) in [5.41, 5.74) is 0.434. The number of benzene rings is 1. The Hall–Kier alpha value is -2.41. The van der Waals surface area contributed by atoms with Crippen molar-refractivity contribution in [3.05, 3.63) is 46.4 Å². The third-order valence-electron chi connectivity index (χ3n) is 2.31. The van der Waals surface area contributed by atoms with Crippen molar-refractivity contribution in [2.24, 2.45) is 0 Å². The van der Waals surface area contributed by atoms with E-state index in [4.69, 9.17) is 9.84 Å². The Morgan fingerprint density at radius 2 is 1.95 bits per heavy atom. The van der Waals surface area contributed by atoms with Crippen molar-refractivity contribution >= 4 is 28.9 Å². The number of ether oxygens (including phenoxy) is 1. The molecular formula is C13H10FNO4S. The summed E-state index contributed by atoms with van der Waals surface area (Å²) in [6.45, 7) is -0.325. The van der Waals surface area contributed by atoms with Crippen LogP contribution in [-0.2, 0) is 4.79 Å². The van der Waals surface area contributed by atoms with E-state index in [0.717, 1.165) is 11.3 Å². The number of nitrogens with one attached hydrogen (secondary N) is 1. The Morgan fingerprint density at radius 3 is 2.60 bits per heavy atom. The standard InChI is InChI=1S/C13H10FNO4S/c14-8-1-3-9(4-2-8)15-11(16)7-19-10-5-6-20-12(10)13(17)18/h1-6H,7H2,(H,15,16)(H,17,18). The van der Waals surface area contributed by atoms with Gasteiger partial charge in [-0.1, -0.05) is 0 Å². The molecule has 2 rings (SSSR count). The fraction of sp³-hybridized carbons (Fsp3) is 0.0769. The van der Waals surface area contributed by atoms with Gasteiger partial charge in [-0.3, -0.25) is 4.79 Å². The van der Waals surface area contributed by atoms with Gasteiger partial charge in [0.25, 0.3) is 5.91 Å². The molecule has 0 unspecified atom stereocenters. The molecule has 0 saturated heterocycles. The first-order valence-electron chi connectivity index (χ1n) is 5.55. The van der Waals surface area contributed by atoms with E-state index in [2.05, 4.69) is 5.32 Å². The lowest BCUT2D eigenvalue weighted by Gasteiger charge is -2.07. The zero-order chi connectivity index (χ0) is 14.5. The second-order valence-electron chi connectivity index (χ2n) is 3.76. The van der Waals surface area contributed by atoms with Gasteiger partial charge in [-0.15, -0.1) is 11.3 Å². The van der Waals surface area contributed by atoms with Crippen LogP contribution in [0.5, 0.6) is 5.75 Å². The topological polar surface area (TPSA) is 75.6 Å². The molecule has 1 aromatic carbocycles. The van der Waals surface area contributed by atoms with Crippen molar-refractivity contribution in [1.29, 1.82) is 0 Å². The summed E-state index contributed by atoms with van der Waals surface area (Å²) in [6, 6.07) is 6.76. The second kappa shape index (κ2) is 6.16. The number of rotatable bonds is 5. The third kappa shape index (κ3) is 3.55. The van der Waals surface area contributed by atoms with Crippen molar-refractivity contribution in [2.75, 3.05) is 11.9 Å². The smallest absolute Gasteiger partial charge is 0.349 e. The highest BCUT2D eigenvalue weighted by molar-refractivity contribution is 7.12. The van der Waals surface area contributed by atoms with Gasteiger partial charge in [0.15, 0.2) is 11.5 Å². The van der Waals surface area contributed by atoms with Gasteiger partial charge in [0.05, 0.1) is 0 Å². The summed E-state index contributed by atoms with van der Waals surface area (Å²) in [5, 5.41) is 12.9. The van der Waals surface area contributed by atoms with Crippen molar-refractivity contribution < 1.29 is 23.8 Å². The van der Waals surface area contributed by atoms with Crippen LogP contribution >= 0.6 is 11.3 Å². The van der Waals surface area contributed by atoms with Crippen LogP contribution in [0.25, 0.3) is 0 Å². The first kappa shape index (κ1) is 14.0. The fourth-order valence-electron chi connectivity index (χ4n) is 1.44. The number of carboxylic acid groups (broad SMARTS) is 1. The molecule has 0 radical (unpaired) electrons. The number of hydrogen-bond donors (Lipinski definition) is 2. The van der Waals surface area contributed by atoms with E-state index in [9.17, 15) is 14.0 Å². The van der Waals surface area contributed by atoms with Gasteiger partial charge in [-0.25, -0.2) is 9.18 Å². The number of anilines is 1. The summed E-state index contributed by atoms with van der Waals surface area (Å²) >= 11 is 1.02. The molecule has 7 heteroatoms. The first-order chi connectivity index (χ1) is 9.56. The van der Waals surface area contributed by atoms with E-state index >= 15 is 0 Å². The zero-order valence-electron chi connectivity index (χ0n) is 10.1. The highest BCUT2D eigenvalue weighted by Crippen LogP contribution is 2.24. The lowest BCUT2D eigenvalue weighted by molar-refractivity contribution is -0.118. The maximum Gasteiger partial charge on any atom is 0.349 e. The van der Waals surface area contributed by atoms with E-state index in [1.165, 1.54) is 30.3 Å². The zero-order valence-corrected chi connectivity index (χ0v) is 10.9. The lowest BCUT2D eigenvalue weighted by atomic mass is 10.3. The van der Waals surface area contributed by atoms with Crippen LogP contribution in [0.1, 0.15) is 9.67 Å². The molecule has 20 heavy (non-hydrogen) atoms. The van der Waals surface area contributed by atoms with Crippen molar-refractivity contribution in [2.45, 2.75) is 0 Å². The van der Waals surface area contributed by atoms with E-state index in [1.807, 2.05) is 0 Å². The lowest BCUT2D eigenvalue weighted by Crippen LogP contribution is -2.20. The van der Waals surface area contributed by atoms with Gasteiger partial charge in [0, 0.05) is 5.69 Å². The van der Waals surface area contributed by atoms with Gasteiger partial charge >= 0.3 is 5.97 Å². The van der Waals surface area contributed by atoms with E-state index in [0.29, 0.717) is 5.69 Å². The first-order valence-corrected chi connectivity index (χ1v) is 6.43. The van der Waals surface area contributed by atoms with Crippen LogP contribution in [0.2, 0.25) is 0 Å². The van der Waals surface area contributed by atoms with Crippen molar-refractivity contribution in [1.82, 2.24) is 0 Å². The number of carbonyl (C=O) groups is 2. The number of hydrogen-bond acceptors (Lipinski definition) is 4. The minimum absolute atomic E-state index is 0.0413. The van der Waals surface area contributed by atoms with E-state index in [-0.39, 0.29) is 17.2 Å². The highest BCUT2D eigenvalue weighted by Gasteiger charge is 2.14. The largest absolute Gasteiger partial charge is 0.482 e. The van der Waals surface area contributed by atoms with Crippen LogP contribution < -0.4 is 10.1 Å². The molecule has 1 heterocycles. The average Bonchev–Trinajstić information content (AvgIpc) is 2.88. The number of carboxylic acids is 1. The average molecular weight is 295 g/mol. The van der Waals surface area contributed by atoms with E-state index in [1.54, 1.807) is 5.38 Å². The van der Waals surface area contributed by atoms with Gasteiger partial charge in [-0.05, 0) is 35.7 Å². The summed E-state index contributed by atoms with van der Waals surface area (Å²) in [6.07, 6.45) is 0. The van der Waals surface area contributed by atoms with Crippen LogP contribution in [0, 0.1) is 5.82 Å². The third-order valence-corrected chi connectivity index (χ3v) is 3.19. The van der Waals surface area contributed by atoms with Crippen LogP contribution in [-0.4, -0.2) is 23.6 Å². The fourth-order valence-corrected chi connectivity index (χ4v) is 2.11. The van der Waals surface area contributed by atoms with Crippen LogP contribution in [0.4, 0.5) is 10.1 Å². The molecule has 0 bridgehead atoms. The minimum atomic E-state index is -1.10. The Kier molecular flexibility index (Phi) is 4.31. The molecule has 104 valence electrons. The van der Waals surface area contributed by atoms with Gasteiger partial charge in [0.2, 0.25) is 0 Å². The summed E-state index contributed by atoms with van der Waals surface area (Å²) in [4.78, 5) is 22.5. The number of amides is 1. The summed E-state index contributed by atoms with van der Waals surface area (Å²) in [5.74, 6) is -1.81. The molecular weight excluding hydrogens is 285 g/mol. The van der Waals surface area contributed by atoms with Crippen LogP contribution in [0.15, 0.2) is 35.7 Å². The molecule has 0 atom stereocenters. The maximum absolute atomic E-state index is 12.7. The molecule has 0 saturated carbocycles. The quantitative estimate of drug-likeness (QED) is 0.889. The predicted molar refractivity (Wildman–Crippen MR) is 71.8 cm³/mol. The molecule has 5 nitrogen and oxygen atoms in total. The van der Waals surface area contributed by atoms with Gasteiger partial charge in [0.1, 0.15) is 11.6 Å². The normalized spacial score (nSPS) is 10.1. The summed E-state index contributed by atoms with van der Waals surface area (Å²) < 4.78 is 17.8. The van der Waals surface area contributed by atoms with Gasteiger partial charge < -0.3 is 15.2 Å². The number of carbonyl (C=O) groups excluding carboxylic acids is 1. The Balaban J connectivity index is 1.90. The molecule has 0 spiro atoms.